The van der Waals surface area contributed by atoms with Crippen LogP contribution in [-0.4, -0.2) is 31.3 Å². The number of benzene rings is 1. The molecule has 0 saturated heterocycles. The molecule has 0 heterocycles. The summed E-state index contributed by atoms with van der Waals surface area (Å²) in [4.78, 5) is 11.6. The van der Waals surface area contributed by atoms with Crippen LogP contribution in [0.5, 0.6) is 11.5 Å². The molecule has 0 aliphatic carbocycles. The molecule has 112 valence electrons. The zero-order valence-corrected chi connectivity index (χ0v) is 12.3. The number of amides is 1. The number of unbranched alkanes of at least 4 members (excludes halogenated alkanes) is 1. The molecule has 5 nitrogen and oxygen atoms in total. The molecule has 0 bridgehead atoms. The molecule has 1 amide bonds. The van der Waals surface area contributed by atoms with Gasteiger partial charge in [0.25, 0.3) is 5.91 Å². The van der Waals surface area contributed by atoms with Crippen molar-refractivity contribution >= 4 is 5.91 Å². The standard InChI is InChI=1S/C15H23NO4/c1-4-5-8-16-15(18)10-20-14-9-12(19-3)6-7-13(14)11(2)17/h6-7,9,11,17H,4-5,8,10H2,1-3H3,(H,16,18). The van der Waals surface area contributed by atoms with Gasteiger partial charge in [0.1, 0.15) is 11.5 Å². The number of aliphatic hydroxyl groups excluding tert-OH is 1. The van der Waals surface area contributed by atoms with Gasteiger partial charge >= 0.3 is 0 Å². The molecule has 2 N–H and O–H groups in total. The monoisotopic (exact) mass is 281 g/mol. The highest BCUT2D eigenvalue weighted by atomic mass is 16.5. The highest BCUT2D eigenvalue weighted by Crippen LogP contribution is 2.29. The second-order valence-electron chi connectivity index (χ2n) is 4.57. The Morgan fingerprint density at radius 1 is 1.45 bits per heavy atom. The maximum Gasteiger partial charge on any atom is 0.257 e. The highest BCUT2D eigenvalue weighted by Gasteiger charge is 2.12. The second kappa shape index (κ2) is 8.43. The number of hydrogen-bond acceptors (Lipinski definition) is 4. The Balaban J connectivity index is 2.63. The normalized spacial score (nSPS) is 11.8. The Morgan fingerprint density at radius 3 is 2.80 bits per heavy atom. The molecular weight excluding hydrogens is 258 g/mol. The molecule has 0 spiro atoms. The fourth-order valence-electron chi connectivity index (χ4n) is 1.71. The number of aliphatic hydroxyl groups is 1. The van der Waals surface area contributed by atoms with E-state index in [1.807, 2.05) is 0 Å². The third-order valence-corrected chi connectivity index (χ3v) is 2.88. The molecule has 1 aromatic rings. The van der Waals surface area contributed by atoms with Gasteiger partial charge in [-0.15, -0.1) is 0 Å². The quantitative estimate of drug-likeness (QED) is 0.716. The van der Waals surface area contributed by atoms with E-state index in [1.54, 1.807) is 32.2 Å². The van der Waals surface area contributed by atoms with Crippen LogP contribution in [0.25, 0.3) is 0 Å². The van der Waals surface area contributed by atoms with Crippen molar-refractivity contribution in [1.82, 2.24) is 5.32 Å². The van der Waals surface area contributed by atoms with Crippen molar-refractivity contribution in [3.63, 3.8) is 0 Å². The number of carbonyl (C=O) groups is 1. The van der Waals surface area contributed by atoms with E-state index < -0.39 is 6.10 Å². The van der Waals surface area contributed by atoms with Gasteiger partial charge < -0.3 is 19.9 Å². The van der Waals surface area contributed by atoms with E-state index >= 15 is 0 Å². The number of ether oxygens (including phenoxy) is 2. The van der Waals surface area contributed by atoms with Gasteiger partial charge in [-0.3, -0.25) is 4.79 Å². The molecule has 0 saturated carbocycles. The largest absolute Gasteiger partial charge is 0.497 e. The van der Waals surface area contributed by atoms with Gasteiger partial charge in [-0.1, -0.05) is 13.3 Å². The molecule has 1 atom stereocenters. The predicted octanol–water partition coefficient (Wildman–Crippen LogP) is 2.04. The van der Waals surface area contributed by atoms with Crippen molar-refractivity contribution in [3.8, 4) is 11.5 Å². The van der Waals surface area contributed by atoms with Gasteiger partial charge in [0.05, 0.1) is 13.2 Å². The summed E-state index contributed by atoms with van der Waals surface area (Å²) in [6.45, 7) is 4.29. The van der Waals surface area contributed by atoms with Crippen LogP contribution in [-0.2, 0) is 4.79 Å². The van der Waals surface area contributed by atoms with E-state index in [2.05, 4.69) is 12.2 Å². The molecular formula is C15H23NO4. The summed E-state index contributed by atoms with van der Waals surface area (Å²) in [5.41, 5.74) is 0.632. The minimum atomic E-state index is -0.668. The first-order valence-corrected chi connectivity index (χ1v) is 6.84. The summed E-state index contributed by atoms with van der Waals surface area (Å²) in [7, 11) is 1.55. The Hall–Kier alpha value is -1.75. The first-order chi connectivity index (χ1) is 9.58. The average molecular weight is 281 g/mol. The molecule has 0 aliphatic heterocycles. The lowest BCUT2D eigenvalue weighted by Crippen LogP contribution is -2.29. The van der Waals surface area contributed by atoms with E-state index in [9.17, 15) is 9.90 Å². The van der Waals surface area contributed by atoms with Gasteiger partial charge in [-0.05, 0) is 25.5 Å². The first kappa shape index (κ1) is 16.3. The Labute approximate surface area is 119 Å². The Morgan fingerprint density at radius 2 is 2.20 bits per heavy atom. The lowest BCUT2D eigenvalue weighted by molar-refractivity contribution is -0.123. The molecule has 0 fully saturated rings. The Kier molecular flexibility index (Phi) is 6.87. The number of methoxy groups -OCH3 is 1. The van der Waals surface area contributed by atoms with Gasteiger partial charge in [0.15, 0.2) is 6.61 Å². The fourth-order valence-corrected chi connectivity index (χ4v) is 1.71. The molecule has 1 rings (SSSR count). The third kappa shape index (κ3) is 5.09. The van der Waals surface area contributed by atoms with Crippen molar-refractivity contribution < 1.29 is 19.4 Å². The van der Waals surface area contributed by atoms with Gasteiger partial charge in [0.2, 0.25) is 0 Å². The molecule has 0 aliphatic rings. The fraction of sp³-hybridized carbons (Fsp3) is 0.533. The average Bonchev–Trinajstić information content (AvgIpc) is 2.44. The van der Waals surface area contributed by atoms with Crippen molar-refractivity contribution in [2.75, 3.05) is 20.3 Å². The van der Waals surface area contributed by atoms with Crippen LogP contribution in [0.3, 0.4) is 0 Å². The summed E-state index contributed by atoms with van der Waals surface area (Å²) in [6, 6.07) is 5.14. The second-order valence-corrected chi connectivity index (χ2v) is 4.57. The number of carbonyl (C=O) groups excluding carboxylic acids is 1. The van der Waals surface area contributed by atoms with Crippen molar-refractivity contribution in [3.05, 3.63) is 23.8 Å². The molecule has 1 aromatic carbocycles. The lowest BCUT2D eigenvalue weighted by Gasteiger charge is -2.14. The minimum absolute atomic E-state index is 0.0728. The zero-order chi connectivity index (χ0) is 15.0. The molecule has 20 heavy (non-hydrogen) atoms. The highest BCUT2D eigenvalue weighted by molar-refractivity contribution is 5.77. The van der Waals surface area contributed by atoms with Crippen molar-refractivity contribution in [2.24, 2.45) is 0 Å². The van der Waals surface area contributed by atoms with E-state index in [1.165, 1.54) is 0 Å². The van der Waals surface area contributed by atoms with Crippen LogP contribution in [0, 0.1) is 0 Å². The van der Waals surface area contributed by atoms with Gasteiger partial charge in [0, 0.05) is 18.2 Å². The van der Waals surface area contributed by atoms with Gasteiger partial charge in [-0.25, -0.2) is 0 Å². The Bertz CT molecular complexity index is 432. The SMILES string of the molecule is CCCCNC(=O)COc1cc(OC)ccc1C(C)O. The maximum atomic E-state index is 11.6. The summed E-state index contributed by atoms with van der Waals surface area (Å²) >= 11 is 0. The van der Waals surface area contributed by atoms with E-state index in [-0.39, 0.29) is 12.5 Å². The lowest BCUT2D eigenvalue weighted by atomic mass is 10.1. The third-order valence-electron chi connectivity index (χ3n) is 2.88. The smallest absolute Gasteiger partial charge is 0.257 e. The van der Waals surface area contributed by atoms with Gasteiger partial charge in [-0.2, -0.15) is 0 Å². The summed E-state index contributed by atoms with van der Waals surface area (Å²) in [6.07, 6.45) is 1.31. The maximum absolute atomic E-state index is 11.6. The van der Waals surface area contributed by atoms with E-state index in [0.29, 0.717) is 23.6 Å². The van der Waals surface area contributed by atoms with E-state index in [4.69, 9.17) is 9.47 Å². The molecule has 0 radical (unpaired) electrons. The van der Waals surface area contributed by atoms with Crippen LogP contribution in [0.1, 0.15) is 38.4 Å². The molecule has 0 aromatic heterocycles. The minimum Gasteiger partial charge on any atom is -0.497 e. The van der Waals surface area contributed by atoms with Crippen LogP contribution < -0.4 is 14.8 Å². The molecule has 1 unspecified atom stereocenters. The number of rotatable bonds is 8. The topological polar surface area (TPSA) is 67.8 Å². The van der Waals surface area contributed by atoms with Crippen LogP contribution >= 0.6 is 0 Å². The van der Waals surface area contributed by atoms with Crippen LogP contribution in [0.4, 0.5) is 0 Å². The summed E-state index contributed by atoms with van der Waals surface area (Å²) in [5.74, 6) is 0.915. The summed E-state index contributed by atoms with van der Waals surface area (Å²) in [5, 5.41) is 12.5. The summed E-state index contributed by atoms with van der Waals surface area (Å²) < 4.78 is 10.6. The number of nitrogens with one attached hydrogen (secondary N) is 1. The van der Waals surface area contributed by atoms with E-state index in [0.717, 1.165) is 12.8 Å². The van der Waals surface area contributed by atoms with Crippen LogP contribution in [0.2, 0.25) is 0 Å². The zero-order valence-electron chi connectivity index (χ0n) is 12.3. The van der Waals surface area contributed by atoms with Crippen LogP contribution in [0.15, 0.2) is 18.2 Å². The van der Waals surface area contributed by atoms with Crippen molar-refractivity contribution in [2.45, 2.75) is 32.8 Å². The van der Waals surface area contributed by atoms with Crippen molar-refractivity contribution in [1.29, 1.82) is 0 Å². The first-order valence-electron chi connectivity index (χ1n) is 6.84. The predicted molar refractivity (Wildman–Crippen MR) is 77.0 cm³/mol. The number of hydrogen-bond donors (Lipinski definition) is 2. The molecule has 5 heteroatoms.